The Labute approximate surface area is 133 Å². The number of azo groups is 1. The van der Waals surface area contributed by atoms with E-state index in [1.54, 1.807) is 0 Å². The number of hydrogen-bond donors (Lipinski definition) is 4. The number of non-ortho nitro benzene ring substituents is 1. The van der Waals surface area contributed by atoms with Gasteiger partial charge in [0.05, 0.1) is 4.92 Å². The molecule has 4 N–H and O–H groups in total. The average Bonchev–Trinajstić information content (AvgIpc) is 2.92. The van der Waals surface area contributed by atoms with Gasteiger partial charge in [0.15, 0.2) is 5.78 Å². The fraction of sp³-hybridized carbons (Fsp3) is 0.300. The van der Waals surface area contributed by atoms with E-state index in [-0.39, 0.29) is 11.3 Å². The Kier molecular flexibility index (Phi) is 4.57. The molecule has 1 unspecified atom stereocenters. The lowest BCUT2D eigenvalue weighted by atomic mass is 10.0. The zero-order chi connectivity index (χ0) is 18.3. The topological polar surface area (TPSA) is 200 Å². The van der Waals surface area contributed by atoms with Crippen LogP contribution in [-0.2, 0) is 9.13 Å². The van der Waals surface area contributed by atoms with Gasteiger partial charge in [-0.05, 0) is 12.1 Å². The van der Waals surface area contributed by atoms with Crippen LogP contribution in [0.4, 0.5) is 5.69 Å². The molecule has 0 bridgehead atoms. The summed E-state index contributed by atoms with van der Waals surface area (Å²) in [4.78, 5) is 59.1. The van der Waals surface area contributed by atoms with Crippen LogP contribution in [0.3, 0.4) is 0 Å². The van der Waals surface area contributed by atoms with E-state index in [1.807, 2.05) is 0 Å². The molecule has 0 amide bonds. The highest BCUT2D eigenvalue weighted by Gasteiger charge is 2.65. The molecule has 1 aliphatic rings. The summed E-state index contributed by atoms with van der Waals surface area (Å²) in [5, 5.41) is 13.8. The van der Waals surface area contributed by atoms with Gasteiger partial charge < -0.3 is 19.6 Å². The number of nitro groups is 1. The summed E-state index contributed by atoms with van der Waals surface area (Å²) in [5.74, 6) is -0.822. The van der Waals surface area contributed by atoms with E-state index in [9.17, 15) is 43.6 Å². The van der Waals surface area contributed by atoms with E-state index in [0.717, 1.165) is 24.3 Å². The summed E-state index contributed by atoms with van der Waals surface area (Å²) >= 11 is 0. The predicted octanol–water partition coefficient (Wildman–Crippen LogP) is 1.01. The Hall–Kier alpha value is -1.81. The summed E-state index contributed by atoms with van der Waals surface area (Å²) in [7, 11) is -10.8. The number of hydrogen-bond acceptors (Lipinski definition) is 7. The molecule has 12 nitrogen and oxygen atoms in total. The minimum Gasteiger partial charge on any atom is -0.322 e. The van der Waals surface area contributed by atoms with Crippen molar-refractivity contribution in [2.45, 2.75) is 17.5 Å². The number of nitro benzene ring substituents is 1. The van der Waals surface area contributed by atoms with Crippen molar-refractivity contribution in [3.8, 4) is 0 Å². The van der Waals surface area contributed by atoms with E-state index in [2.05, 4.69) is 10.2 Å². The van der Waals surface area contributed by atoms with Crippen LogP contribution in [0.25, 0.3) is 0 Å². The molecule has 24 heavy (non-hydrogen) atoms. The van der Waals surface area contributed by atoms with Crippen molar-refractivity contribution >= 4 is 26.7 Å². The van der Waals surface area contributed by atoms with Gasteiger partial charge in [-0.1, -0.05) is 0 Å². The first kappa shape index (κ1) is 18.5. The Balaban J connectivity index is 2.31. The van der Waals surface area contributed by atoms with Crippen LogP contribution < -0.4 is 0 Å². The zero-order valence-corrected chi connectivity index (χ0v) is 13.4. The highest BCUT2D eigenvalue weighted by Crippen LogP contribution is 2.73. The molecular weight excluding hydrogens is 368 g/mol. The number of benzene rings is 1. The van der Waals surface area contributed by atoms with E-state index in [4.69, 9.17) is 0 Å². The molecule has 130 valence electrons. The van der Waals surface area contributed by atoms with Crippen LogP contribution in [0, 0.1) is 10.1 Å². The lowest BCUT2D eigenvalue weighted by molar-refractivity contribution is -0.384. The third kappa shape index (κ3) is 3.07. The minimum absolute atomic E-state index is 0.0724. The standard InChI is InChI=1S/C10H11N3O9P2/c14-9(6-1-3-7(4-2-6)13(15)16)8-5-10(12-11-8,23(17,18)19)24(20,21)22/h1-4,8H,5H2,(H2,17,18,19)(H2,20,21,22). The first-order chi connectivity index (χ1) is 10.9. The van der Waals surface area contributed by atoms with Gasteiger partial charge in [-0.15, -0.1) is 0 Å². The Bertz CT molecular complexity index is 787. The molecule has 1 atom stereocenters. The van der Waals surface area contributed by atoms with Crippen LogP contribution in [0.1, 0.15) is 16.8 Å². The summed E-state index contributed by atoms with van der Waals surface area (Å²) in [6.45, 7) is 0. The predicted molar refractivity (Wildman–Crippen MR) is 77.5 cm³/mol. The maximum Gasteiger partial charge on any atom is 0.367 e. The molecule has 1 aromatic carbocycles. The lowest BCUT2D eigenvalue weighted by Crippen LogP contribution is -2.29. The molecule has 0 saturated carbocycles. The van der Waals surface area contributed by atoms with Gasteiger partial charge >= 0.3 is 15.2 Å². The van der Waals surface area contributed by atoms with Gasteiger partial charge in [-0.3, -0.25) is 24.0 Å². The maximum atomic E-state index is 12.2. The molecule has 0 aromatic heterocycles. The van der Waals surface area contributed by atoms with Gasteiger partial charge in [0.2, 0.25) is 0 Å². The SMILES string of the molecule is O=C(c1ccc([N+](=O)[O-])cc1)C1CC(P(=O)(O)O)(P(=O)(O)O)N=N1. The second-order valence-corrected chi connectivity index (χ2v) is 8.97. The second-order valence-electron chi connectivity index (χ2n) is 4.97. The largest absolute Gasteiger partial charge is 0.367 e. The quantitative estimate of drug-likeness (QED) is 0.249. The Morgan fingerprint density at radius 3 is 2.04 bits per heavy atom. The summed E-state index contributed by atoms with van der Waals surface area (Å²) < 4.78 is 23.0. The van der Waals surface area contributed by atoms with Crippen LogP contribution in [-0.4, -0.2) is 41.3 Å². The fourth-order valence-electron chi connectivity index (χ4n) is 2.11. The Morgan fingerprint density at radius 2 is 1.67 bits per heavy atom. The molecule has 0 saturated heterocycles. The second kappa shape index (κ2) is 5.92. The zero-order valence-electron chi connectivity index (χ0n) is 11.7. The molecule has 0 spiro atoms. The van der Waals surface area contributed by atoms with Gasteiger partial charge in [-0.25, -0.2) is 0 Å². The van der Waals surface area contributed by atoms with Crippen molar-refractivity contribution in [1.29, 1.82) is 0 Å². The molecule has 0 fully saturated rings. The van der Waals surface area contributed by atoms with E-state index >= 15 is 0 Å². The molecule has 0 radical (unpaired) electrons. The normalized spacial score (nSPS) is 20.1. The van der Waals surface area contributed by atoms with Gasteiger partial charge in [-0.2, -0.15) is 10.2 Å². The van der Waals surface area contributed by atoms with Gasteiger partial charge in [0.1, 0.15) is 6.04 Å². The number of Topliss-reactive ketones (excluding diaryl/α,β-unsaturated/α-hetero) is 1. The molecule has 2 rings (SSSR count). The van der Waals surface area contributed by atoms with E-state index in [0.29, 0.717) is 0 Å². The molecule has 14 heteroatoms. The van der Waals surface area contributed by atoms with Crippen molar-refractivity contribution in [3.05, 3.63) is 39.9 Å². The third-order valence-electron chi connectivity index (χ3n) is 3.42. The van der Waals surface area contributed by atoms with Crippen LogP contribution >= 0.6 is 15.2 Å². The first-order valence-electron chi connectivity index (χ1n) is 6.21. The number of nitrogens with zero attached hydrogens (tertiary/aromatic N) is 3. The van der Waals surface area contributed by atoms with Crippen LogP contribution in [0.15, 0.2) is 34.5 Å². The minimum atomic E-state index is -5.42. The van der Waals surface area contributed by atoms with Crippen LogP contribution in [0.5, 0.6) is 0 Å². The summed E-state index contributed by atoms with van der Waals surface area (Å²) in [6, 6.07) is 2.76. The van der Waals surface area contributed by atoms with E-state index in [1.165, 1.54) is 0 Å². The fourth-order valence-corrected chi connectivity index (χ4v) is 4.63. The van der Waals surface area contributed by atoms with Crippen molar-refractivity contribution in [1.82, 2.24) is 0 Å². The number of ketones is 1. The highest BCUT2D eigenvalue weighted by molar-refractivity contribution is 7.72. The van der Waals surface area contributed by atoms with Crippen molar-refractivity contribution < 1.29 is 38.4 Å². The lowest BCUT2D eigenvalue weighted by Gasteiger charge is -2.26. The van der Waals surface area contributed by atoms with Crippen molar-refractivity contribution in [3.63, 3.8) is 0 Å². The number of carbonyl (C=O) groups is 1. The molecule has 1 aliphatic heterocycles. The third-order valence-corrected chi connectivity index (χ3v) is 7.40. The summed E-state index contributed by atoms with van der Waals surface area (Å²) in [5.41, 5.74) is -0.351. The Morgan fingerprint density at radius 1 is 1.17 bits per heavy atom. The van der Waals surface area contributed by atoms with Crippen LogP contribution in [0.2, 0.25) is 0 Å². The summed E-state index contributed by atoms with van der Waals surface area (Å²) in [6.07, 6.45) is -0.975. The molecule has 0 aliphatic carbocycles. The maximum absolute atomic E-state index is 12.2. The van der Waals surface area contributed by atoms with Crippen molar-refractivity contribution in [2.75, 3.05) is 0 Å². The number of rotatable bonds is 5. The molecule has 1 aromatic rings. The highest BCUT2D eigenvalue weighted by atomic mass is 31.2. The average molecular weight is 379 g/mol. The smallest absolute Gasteiger partial charge is 0.322 e. The monoisotopic (exact) mass is 379 g/mol. The number of carbonyl (C=O) groups excluding carboxylic acids is 1. The molecular formula is C10H11N3O9P2. The molecule has 1 heterocycles. The first-order valence-corrected chi connectivity index (χ1v) is 9.43. The van der Waals surface area contributed by atoms with Gasteiger partial charge in [0.25, 0.3) is 10.7 Å². The van der Waals surface area contributed by atoms with Gasteiger partial charge in [0, 0.05) is 24.1 Å². The van der Waals surface area contributed by atoms with E-state index < -0.39 is 43.4 Å². The van der Waals surface area contributed by atoms with Crippen molar-refractivity contribution in [2.24, 2.45) is 10.2 Å².